The van der Waals surface area contributed by atoms with E-state index in [1.807, 2.05) is 48.5 Å². The van der Waals surface area contributed by atoms with Crippen LogP contribution in [0.4, 0.5) is 0 Å². The first-order valence-corrected chi connectivity index (χ1v) is 11.8. The van der Waals surface area contributed by atoms with Crippen molar-refractivity contribution in [3.63, 3.8) is 0 Å². The molecule has 34 heavy (non-hydrogen) atoms. The van der Waals surface area contributed by atoms with Crippen molar-refractivity contribution in [3.8, 4) is 11.5 Å². The van der Waals surface area contributed by atoms with Gasteiger partial charge in [0.2, 0.25) is 0 Å². The van der Waals surface area contributed by atoms with Crippen LogP contribution in [-0.4, -0.2) is 74.4 Å². The molecule has 3 heterocycles. The third-order valence-electron chi connectivity index (χ3n) is 6.86. The number of benzene rings is 2. The van der Waals surface area contributed by atoms with Gasteiger partial charge in [-0.05, 0) is 23.8 Å². The van der Waals surface area contributed by atoms with Crippen LogP contribution in [0.15, 0.2) is 53.6 Å². The smallest absolute Gasteiger partial charge is 0.257 e. The third kappa shape index (κ3) is 4.53. The van der Waals surface area contributed by atoms with Crippen LogP contribution < -0.4 is 9.47 Å². The minimum absolute atomic E-state index is 0.0370. The second-order valence-corrected chi connectivity index (χ2v) is 8.86. The zero-order valence-corrected chi connectivity index (χ0v) is 19.7. The average molecular weight is 466 g/mol. The predicted molar refractivity (Wildman–Crippen MR) is 127 cm³/mol. The van der Waals surface area contributed by atoms with Crippen LogP contribution in [-0.2, 0) is 14.3 Å². The number of hydrogen-bond acceptors (Lipinski definition) is 7. The van der Waals surface area contributed by atoms with Gasteiger partial charge in [-0.1, -0.05) is 30.3 Å². The molecule has 0 aromatic heterocycles. The highest BCUT2D eigenvalue weighted by Crippen LogP contribution is 2.39. The molecule has 1 amide bonds. The van der Waals surface area contributed by atoms with Crippen molar-refractivity contribution < 1.29 is 23.7 Å². The van der Waals surface area contributed by atoms with Crippen LogP contribution in [0, 0.1) is 0 Å². The maximum absolute atomic E-state index is 13.6. The summed E-state index contributed by atoms with van der Waals surface area (Å²) in [5.74, 6) is 0.935. The van der Waals surface area contributed by atoms with Gasteiger partial charge in [-0.3, -0.25) is 9.69 Å². The van der Waals surface area contributed by atoms with Gasteiger partial charge in [-0.2, -0.15) is 5.10 Å². The summed E-state index contributed by atoms with van der Waals surface area (Å²) in [5, 5.41) is 6.44. The Hall–Kier alpha value is -2.94. The predicted octanol–water partition coefficient (Wildman–Crippen LogP) is 3.22. The second kappa shape index (κ2) is 9.74. The number of amides is 1. The van der Waals surface area contributed by atoms with E-state index in [-0.39, 0.29) is 11.9 Å². The molecule has 2 fully saturated rings. The number of methoxy groups -OCH3 is 2. The summed E-state index contributed by atoms with van der Waals surface area (Å²) in [6.45, 7) is 3.09. The van der Waals surface area contributed by atoms with E-state index in [0.29, 0.717) is 37.7 Å². The highest BCUT2D eigenvalue weighted by Gasteiger charge is 2.41. The molecule has 180 valence electrons. The van der Waals surface area contributed by atoms with Gasteiger partial charge in [0.25, 0.3) is 5.91 Å². The fourth-order valence-corrected chi connectivity index (χ4v) is 4.99. The molecule has 1 unspecified atom stereocenters. The number of nitrogens with zero attached hydrogens (tertiary/aromatic N) is 3. The Balaban J connectivity index is 1.38. The molecule has 3 aliphatic heterocycles. The van der Waals surface area contributed by atoms with Gasteiger partial charge >= 0.3 is 0 Å². The molecule has 0 aliphatic carbocycles. The van der Waals surface area contributed by atoms with Crippen LogP contribution in [0.2, 0.25) is 0 Å². The van der Waals surface area contributed by atoms with Gasteiger partial charge in [0, 0.05) is 37.9 Å². The molecule has 1 spiro atoms. The van der Waals surface area contributed by atoms with Crippen molar-refractivity contribution in [1.82, 2.24) is 9.91 Å². The molecule has 8 nitrogen and oxygen atoms in total. The van der Waals surface area contributed by atoms with Crippen molar-refractivity contribution in [2.45, 2.75) is 31.1 Å². The highest BCUT2D eigenvalue weighted by molar-refractivity contribution is 6.03. The van der Waals surface area contributed by atoms with E-state index in [9.17, 15) is 4.79 Å². The molecule has 2 aromatic carbocycles. The van der Waals surface area contributed by atoms with Crippen LogP contribution in [0.1, 0.15) is 36.4 Å². The molecule has 0 N–H and O–H groups in total. The fraction of sp³-hybridized carbons (Fsp3) is 0.462. The molecular weight excluding hydrogens is 434 g/mol. The van der Waals surface area contributed by atoms with Crippen molar-refractivity contribution in [3.05, 3.63) is 59.7 Å². The molecule has 2 aromatic rings. The Bertz CT molecular complexity index is 1040. The Morgan fingerprint density at radius 2 is 1.79 bits per heavy atom. The summed E-state index contributed by atoms with van der Waals surface area (Å²) in [4.78, 5) is 15.7. The Labute approximate surface area is 200 Å². The van der Waals surface area contributed by atoms with Gasteiger partial charge in [-0.25, -0.2) is 5.01 Å². The SMILES string of the molecule is COc1ccc(OC)c(C2CC(c3ccccc3)=NN2C(=O)CN2CCC3(CC2)OCCO3)c1. The summed E-state index contributed by atoms with van der Waals surface area (Å²) in [6.07, 6.45) is 2.14. The van der Waals surface area contributed by atoms with E-state index in [0.717, 1.165) is 42.8 Å². The number of piperidine rings is 1. The molecule has 0 radical (unpaired) electrons. The Morgan fingerprint density at radius 1 is 1.06 bits per heavy atom. The average Bonchev–Trinajstić information content (AvgIpc) is 3.53. The van der Waals surface area contributed by atoms with E-state index in [1.165, 1.54) is 0 Å². The lowest BCUT2D eigenvalue weighted by molar-refractivity contribution is -0.186. The number of ether oxygens (including phenoxy) is 4. The molecule has 5 rings (SSSR count). The molecule has 1 atom stereocenters. The summed E-state index contributed by atoms with van der Waals surface area (Å²) >= 11 is 0. The Kier molecular flexibility index (Phi) is 6.54. The first kappa shape index (κ1) is 22.8. The Morgan fingerprint density at radius 3 is 2.47 bits per heavy atom. The maximum atomic E-state index is 13.6. The van der Waals surface area contributed by atoms with Crippen LogP contribution in [0.3, 0.4) is 0 Å². The molecule has 2 saturated heterocycles. The van der Waals surface area contributed by atoms with E-state index in [1.54, 1.807) is 19.2 Å². The van der Waals surface area contributed by atoms with E-state index < -0.39 is 5.79 Å². The van der Waals surface area contributed by atoms with Crippen molar-refractivity contribution in [1.29, 1.82) is 0 Å². The van der Waals surface area contributed by atoms with Crippen LogP contribution >= 0.6 is 0 Å². The maximum Gasteiger partial charge on any atom is 0.257 e. The lowest BCUT2D eigenvalue weighted by Gasteiger charge is -2.37. The summed E-state index contributed by atoms with van der Waals surface area (Å²) in [5.41, 5.74) is 2.78. The number of carbonyl (C=O) groups excluding carboxylic acids is 1. The topological polar surface area (TPSA) is 72.8 Å². The minimum atomic E-state index is -0.456. The van der Waals surface area contributed by atoms with E-state index in [2.05, 4.69) is 4.90 Å². The minimum Gasteiger partial charge on any atom is -0.497 e. The number of hydrogen-bond donors (Lipinski definition) is 0. The zero-order chi connectivity index (χ0) is 23.5. The summed E-state index contributed by atoms with van der Waals surface area (Å²) in [7, 11) is 3.28. The van der Waals surface area contributed by atoms with Gasteiger partial charge in [0.05, 0.1) is 45.7 Å². The molecule has 3 aliphatic rings. The largest absolute Gasteiger partial charge is 0.497 e. The molecule has 0 saturated carbocycles. The van der Waals surface area contributed by atoms with Crippen molar-refractivity contribution in [2.75, 3.05) is 47.1 Å². The third-order valence-corrected chi connectivity index (χ3v) is 6.86. The normalized spacial score (nSPS) is 22.1. The standard InChI is InChI=1S/C26H31N3O5/c1-31-20-8-9-24(32-2)21(16-20)23-17-22(19-6-4-3-5-7-19)27-29(23)25(30)18-28-12-10-26(11-13-28)33-14-15-34-26/h3-9,16,23H,10-15,17-18H2,1-2H3. The van der Waals surface area contributed by atoms with Gasteiger partial charge in [-0.15, -0.1) is 0 Å². The summed E-state index contributed by atoms with van der Waals surface area (Å²) < 4.78 is 22.8. The number of likely N-dealkylation sites (tertiary alicyclic amines) is 1. The molecule has 8 heteroatoms. The van der Waals surface area contributed by atoms with Crippen molar-refractivity contribution in [2.24, 2.45) is 5.10 Å². The van der Waals surface area contributed by atoms with E-state index >= 15 is 0 Å². The zero-order valence-electron chi connectivity index (χ0n) is 19.7. The lowest BCUT2D eigenvalue weighted by Crippen LogP contribution is -2.48. The fourth-order valence-electron chi connectivity index (χ4n) is 4.99. The molecule has 0 bridgehead atoms. The second-order valence-electron chi connectivity index (χ2n) is 8.86. The quantitative estimate of drug-likeness (QED) is 0.652. The van der Waals surface area contributed by atoms with Crippen LogP contribution in [0.5, 0.6) is 11.5 Å². The number of rotatable bonds is 6. The van der Waals surface area contributed by atoms with Crippen molar-refractivity contribution >= 4 is 11.6 Å². The first-order chi connectivity index (χ1) is 16.6. The highest BCUT2D eigenvalue weighted by atomic mass is 16.7. The van der Waals surface area contributed by atoms with Gasteiger partial charge in [0.15, 0.2) is 5.79 Å². The van der Waals surface area contributed by atoms with Gasteiger partial charge < -0.3 is 18.9 Å². The van der Waals surface area contributed by atoms with E-state index in [4.69, 9.17) is 24.0 Å². The lowest BCUT2D eigenvalue weighted by atomic mass is 9.97. The monoisotopic (exact) mass is 465 g/mol. The van der Waals surface area contributed by atoms with Crippen LogP contribution in [0.25, 0.3) is 0 Å². The molecular formula is C26H31N3O5. The number of hydrazone groups is 1. The number of carbonyl (C=O) groups is 1. The van der Waals surface area contributed by atoms with Gasteiger partial charge in [0.1, 0.15) is 11.5 Å². The summed E-state index contributed by atoms with van der Waals surface area (Å²) in [6, 6.07) is 15.4. The first-order valence-electron chi connectivity index (χ1n) is 11.8.